The van der Waals surface area contributed by atoms with E-state index in [2.05, 4.69) is 0 Å². The number of ether oxygens (including phenoxy) is 1. The second-order valence-corrected chi connectivity index (χ2v) is 5.17. The fourth-order valence-corrected chi connectivity index (χ4v) is 2.66. The van der Waals surface area contributed by atoms with Crippen molar-refractivity contribution in [3.63, 3.8) is 0 Å². The van der Waals surface area contributed by atoms with Gasteiger partial charge in [0, 0.05) is 6.20 Å². The fraction of sp³-hybridized carbons (Fsp3) is 0.235. The molecule has 0 aliphatic carbocycles. The van der Waals surface area contributed by atoms with E-state index in [-0.39, 0.29) is 13.2 Å². The van der Waals surface area contributed by atoms with Gasteiger partial charge in [0.1, 0.15) is 5.69 Å². The summed E-state index contributed by atoms with van der Waals surface area (Å²) in [5.74, 6) is -1.63. The van der Waals surface area contributed by atoms with Crippen molar-refractivity contribution in [3.05, 3.63) is 59.9 Å². The Kier molecular flexibility index (Phi) is 3.97. The Labute approximate surface area is 133 Å². The van der Waals surface area contributed by atoms with Crippen LogP contribution >= 0.6 is 0 Å². The van der Waals surface area contributed by atoms with E-state index in [1.807, 2.05) is 30.3 Å². The summed E-state index contributed by atoms with van der Waals surface area (Å²) in [6, 6.07) is 11.3. The average molecular weight is 312 g/mol. The summed E-state index contributed by atoms with van der Waals surface area (Å²) in [7, 11) is 0. The molecule has 2 amide bonds. The van der Waals surface area contributed by atoms with Crippen LogP contribution in [0.15, 0.2) is 48.7 Å². The van der Waals surface area contributed by atoms with Gasteiger partial charge in [-0.2, -0.15) is 0 Å². The van der Waals surface area contributed by atoms with Gasteiger partial charge in [-0.15, -0.1) is 0 Å². The number of fused-ring (bicyclic) bond motifs is 1. The lowest BCUT2D eigenvalue weighted by Crippen LogP contribution is -2.49. The molecule has 0 bridgehead atoms. The lowest BCUT2D eigenvalue weighted by Gasteiger charge is -2.31. The van der Waals surface area contributed by atoms with Gasteiger partial charge in [-0.3, -0.25) is 14.5 Å². The minimum atomic E-state index is -1.15. The topological polar surface area (TPSA) is 68.6 Å². The van der Waals surface area contributed by atoms with E-state index in [1.165, 1.54) is 4.57 Å². The maximum atomic E-state index is 12.7. The summed E-state index contributed by atoms with van der Waals surface area (Å²) >= 11 is 0. The monoisotopic (exact) mass is 312 g/mol. The van der Waals surface area contributed by atoms with Gasteiger partial charge in [-0.1, -0.05) is 30.3 Å². The van der Waals surface area contributed by atoms with E-state index < -0.39 is 23.8 Å². The second-order valence-electron chi connectivity index (χ2n) is 5.17. The van der Waals surface area contributed by atoms with Gasteiger partial charge in [0.25, 0.3) is 11.8 Å². The molecule has 1 aliphatic rings. The molecule has 2 heterocycles. The summed E-state index contributed by atoms with van der Waals surface area (Å²) in [6.45, 7) is 1.97. The van der Waals surface area contributed by atoms with Gasteiger partial charge in [0.05, 0.1) is 13.2 Å². The van der Waals surface area contributed by atoms with Crippen LogP contribution in [0.2, 0.25) is 0 Å². The molecule has 1 aromatic heterocycles. The van der Waals surface area contributed by atoms with Crippen molar-refractivity contribution in [2.75, 3.05) is 6.61 Å². The zero-order valence-electron chi connectivity index (χ0n) is 12.6. The summed E-state index contributed by atoms with van der Waals surface area (Å²) in [5, 5.41) is 0. The number of esters is 1. The molecule has 0 radical (unpaired) electrons. The molecular weight excluding hydrogens is 296 g/mol. The molecule has 3 rings (SSSR count). The highest BCUT2D eigenvalue weighted by Crippen LogP contribution is 2.25. The minimum Gasteiger partial charge on any atom is -0.464 e. The predicted molar refractivity (Wildman–Crippen MR) is 81.4 cm³/mol. The highest BCUT2D eigenvalue weighted by Gasteiger charge is 2.43. The number of carbonyl (C=O) groups is 3. The number of imide groups is 1. The number of carbonyl (C=O) groups excluding carboxylic acids is 3. The predicted octanol–water partition coefficient (Wildman–Crippen LogP) is 1.77. The van der Waals surface area contributed by atoms with Crippen LogP contribution in [0.5, 0.6) is 0 Å². The number of amides is 2. The van der Waals surface area contributed by atoms with Crippen LogP contribution in [-0.4, -0.2) is 33.9 Å². The quantitative estimate of drug-likeness (QED) is 0.490. The molecule has 118 valence electrons. The smallest absolute Gasteiger partial charge is 0.339 e. The Hall–Kier alpha value is -2.89. The summed E-state index contributed by atoms with van der Waals surface area (Å²) in [5.41, 5.74) is 1.12. The summed E-state index contributed by atoms with van der Waals surface area (Å²) in [4.78, 5) is 38.5. The molecule has 2 aromatic rings. The third-order valence-corrected chi connectivity index (χ3v) is 3.71. The highest BCUT2D eigenvalue weighted by atomic mass is 16.5. The van der Waals surface area contributed by atoms with E-state index >= 15 is 0 Å². The van der Waals surface area contributed by atoms with Gasteiger partial charge in [-0.25, -0.2) is 4.79 Å². The molecule has 1 atom stereocenters. The average Bonchev–Trinajstić information content (AvgIpc) is 3.02. The molecule has 0 saturated heterocycles. The first-order chi connectivity index (χ1) is 11.1. The summed E-state index contributed by atoms with van der Waals surface area (Å²) in [6.07, 6.45) is 1.55. The Bertz CT molecular complexity index is 751. The van der Waals surface area contributed by atoms with Crippen molar-refractivity contribution in [3.8, 4) is 0 Å². The normalized spacial score (nSPS) is 17.1. The summed E-state index contributed by atoms with van der Waals surface area (Å²) < 4.78 is 6.37. The Balaban J connectivity index is 1.97. The molecule has 0 N–H and O–H groups in total. The van der Waals surface area contributed by atoms with E-state index in [1.54, 1.807) is 25.3 Å². The number of benzene rings is 1. The van der Waals surface area contributed by atoms with Crippen molar-refractivity contribution in [2.45, 2.75) is 19.5 Å². The lowest BCUT2D eigenvalue weighted by atomic mass is 10.1. The molecule has 0 saturated carbocycles. The van der Waals surface area contributed by atoms with Crippen LogP contribution in [0.3, 0.4) is 0 Å². The Morgan fingerprint density at radius 1 is 1.13 bits per heavy atom. The van der Waals surface area contributed by atoms with Crippen molar-refractivity contribution in [2.24, 2.45) is 0 Å². The second kappa shape index (κ2) is 6.08. The molecule has 23 heavy (non-hydrogen) atoms. The number of rotatable bonds is 4. The van der Waals surface area contributed by atoms with Crippen molar-refractivity contribution < 1.29 is 19.1 Å². The van der Waals surface area contributed by atoms with Crippen LogP contribution < -0.4 is 0 Å². The SMILES string of the molecule is CCOC(=O)C1C(=O)N(Cc2ccccc2)C(=O)c2cccn21. The van der Waals surface area contributed by atoms with Gasteiger partial charge >= 0.3 is 5.97 Å². The molecule has 1 aromatic carbocycles. The van der Waals surface area contributed by atoms with Crippen LogP contribution in [-0.2, 0) is 20.9 Å². The molecule has 6 heteroatoms. The van der Waals surface area contributed by atoms with E-state index in [0.29, 0.717) is 5.69 Å². The molecule has 1 unspecified atom stereocenters. The molecule has 0 fully saturated rings. The van der Waals surface area contributed by atoms with Gasteiger partial charge in [0.15, 0.2) is 0 Å². The van der Waals surface area contributed by atoms with Gasteiger partial charge in [-0.05, 0) is 24.6 Å². The van der Waals surface area contributed by atoms with Crippen LogP contribution in [0.4, 0.5) is 0 Å². The Morgan fingerprint density at radius 3 is 2.57 bits per heavy atom. The largest absolute Gasteiger partial charge is 0.464 e. The third kappa shape index (κ3) is 2.63. The van der Waals surface area contributed by atoms with Crippen LogP contribution in [0.1, 0.15) is 29.0 Å². The fourth-order valence-electron chi connectivity index (χ4n) is 2.66. The standard InChI is InChI=1S/C17H16N2O4/c1-2-23-17(22)14-16(21)19(11-12-7-4-3-5-8-12)15(20)13-9-6-10-18(13)14/h3-10,14H,2,11H2,1H3. The maximum absolute atomic E-state index is 12.7. The molecule has 6 nitrogen and oxygen atoms in total. The highest BCUT2D eigenvalue weighted by molar-refractivity contribution is 6.13. The third-order valence-electron chi connectivity index (χ3n) is 3.71. The molecular formula is C17H16N2O4. The van der Waals surface area contributed by atoms with Crippen LogP contribution in [0.25, 0.3) is 0 Å². The first-order valence-corrected chi connectivity index (χ1v) is 7.36. The first kappa shape index (κ1) is 15.0. The molecule has 0 spiro atoms. The zero-order valence-corrected chi connectivity index (χ0v) is 12.6. The van der Waals surface area contributed by atoms with Crippen molar-refractivity contribution >= 4 is 17.8 Å². The van der Waals surface area contributed by atoms with Gasteiger partial charge in [0.2, 0.25) is 6.04 Å². The van der Waals surface area contributed by atoms with Gasteiger partial charge < -0.3 is 9.30 Å². The zero-order chi connectivity index (χ0) is 16.4. The van der Waals surface area contributed by atoms with E-state index in [9.17, 15) is 14.4 Å². The lowest BCUT2D eigenvalue weighted by molar-refractivity contribution is -0.154. The van der Waals surface area contributed by atoms with E-state index in [4.69, 9.17) is 4.74 Å². The Morgan fingerprint density at radius 2 is 1.87 bits per heavy atom. The first-order valence-electron chi connectivity index (χ1n) is 7.36. The van der Waals surface area contributed by atoms with Crippen molar-refractivity contribution in [1.82, 2.24) is 9.47 Å². The number of nitrogens with zero attached hydrogens (tertiary/aromatic N) is 2. The minimum absolute atomic E-state index is 0.125. The number of hydrogen-bond acceptors (Lipinski definition) is 4. The molecule has 1 aliphatic heterocycles. The van der Waals surface area contributed by atoms with Crippen LogP contribution in [0, 0.1) is 0 Å². The van der Waals surface area contributed by atoms with E-state index in [0.717, 1.165) is 10.5 Å². The maximum Gasteiger partial charge on any atom is 0.339 e. The number of hydrogen-bond donors (Lipinski definition) is 0. The van der Waals surface area contributed by atoms with Crippen molar-refractivity contribution in [1.29, 1.82) is 0 Å². The number of aromatic nitrogens is 1.